The minimum atomic E-state index is -1.05. The third-order valence-corrected chi connectivity index (χ3v) is 2.64. The Bertz CT molecular complexity index is 404. The molecular weight excluding hydrogens is 218 g/mol. The largest absolute Gasteiger partial charge is 0.465 e. The van der Waals surface area contributed by atoms with Crippen LogP contribution < -0.4 is 5.73 Å². The molecule has 4 nitrogen and oxygen atoms in total. The van der Waals surface area contributed by atoms with E-state index in [1.165, 1.54) is 0 Å². The minimum Gasteiger partial charge on any atom is -0.465 e. The molecule has 0 spiro atoms. The van der Waals surface area contributed by atoms with E-state index < -0.39 is 18.1 Å². The second kappa shape index (κ2) is 5.80. The number of hydrogen-bond donors (Lipinski definition) is 2. The van der Waals surface area contributed by atoms with Gasteiger partial charge in [-0.15, -0.1) is 0 Å². The Morgan fingerprint density at radius 1 is 1.47 bits per heavy atom. The summed E-state index contributed by atoms with van der Waals surface area (Å²) >= 11 is 0. The van der Waals surface area contributed by atoms with Gasteiger partial charge in [0.2, 0.25) is 0 Å². The number of esters is 1. The van der Waals surface area contributed by atoms with E-state index in [-0.39, 0.29) is 6.61 Å². The molecule has 0 aliphatic heterocycles. The van der Waals surface area contributed by atoms with Crippen LogP contribution in [-0.2, 0) is 9.53 Å². The molecule has 0 amide bonds. The lowest BCUT2D eigenvalue weighted by Crippen LogP contribution is -2.38. The van der Waals surface area contributed by atoms with Gasteiger partial charge in [0.25, 0.3) is 0 Å². The lowest BCUT2D eigenvalue weighted by Gasteiger charge is -2.19. The van der Waals surface area contributed by atoms with Crippen LogP contribution in [0.4, 0.5) is 0 Å². The van der Waals surface area contributed by atoms with Gasteiger partial charge >= 0.3 is 5.97 Å². The van der Waals surface area contributed by atoms with Gasteiger partial charge in [-0.1, -0.05) is 23.8 Å². The van der Waals surface area contributed by atoms with Crippen LogP contribution in [0.5, 0.6) is 0 Å². The van der Waals surface area contributed by atoms with Crippen molar-refractivity contribution < 1.29 is 14.6 Å². The van der Waals surface area contributed by atoms with Gasteiger partial charge in [0.05, 0.1) is 6.61 Å². The summed E-state index contributed by atoms with van der Waals surface area (Å²) in [6, 6.07) is 4.56. The summed E-state index contributed by atoms with van der Waals surface area (Å²) < 4.78 is 4.79. The molecule has 1 aromatic carbocycles. The average molecular weight is 237 g/mol. The van der Waals surface area contributed by atoms with Crippen molar-refractivity contribution in [2.24, 2.45) is 5.73 Å². The monoisotopic (exact) mass is 237 g/mol. The molecule has 94 valence electrons. The van der Waals surface area contributed by atoms with Crippen molar-refractivity contribution in [2.75, 3.05) is 6.61 Å². The number of aliphatic hydroxyl groups is 1. The molecule has 0 heterocycles. The summed E-state index contributed by atoms with van der Waals surface area (Å²) in [7, 11) is 0. The third-order valence-electron chi connectivity index (χ3n) is 2.64. The van der Waals surface area contributed by atoms with Crippen LogP contribution in [0.1, 0.15) is 29.7 Å². The van der Waals surface area contributed by atoms with Crippen molar-refractivity contribution in [3.63, 3.8) is 0 Å². The van der Waals surface area contributed by atoms with Crippen LogP contribution in [0, 0.1) is 13.8 Å². The molecule has 0 saturated carbocycles. The fraction of sp³-hybridized carbons (Fsp3) is 0.462. The highest BCUT2D eigenvalue weighted by molar-refractivity contribution is 5.76. The third kappa shape index (κ3) is 3.28. The predicted molar refractivity (Wildman–Crippen MR) is 65.5 cm³/mol. The van der Waals surface area contributed by atoms with Gasteiger partial charge < -0.3 is 15.6 Å². The fourth-order valence-electron chi connectivity index (χ4n) is 1.72. The molecule has 1 aromatic rings. The molecule has 0 bridgehead atoms. The predicted octanol–water partition coefficient (Wildman–Crippen LogP) is 1.23. The normalized spacial score (nSPS) is 14.2. The molecule has 2 unspecified atom stereocenters. The maximum atomic E-state index is 11.4. The molecule has 0 saturated heterocycles. The highest BCUT2D eigenvalue weighted by Crippen LogP contribution is 2.21. The van der Waals surface area contributed by atoms with E-state index in [1.54, 1.807) is 13.0 Å². The first kappa shape index (κ1) is 13.7. The standard InChI is InChI=1S/C13H19NO3/c1-4-17-13(16)11(14)12(15)10-6-5-8(2)7-9(10)3/h5-7,11-12,15H,4,14H2,1-3H3. The molecule has 0 radical (unpaired) electrons. The van der Waals surface area contributed by atoms with E-state index in [4.69, 9.17) is 10.5 Å². The van der Waals surface area contributed by atoms with E-state index in [0.717, 1.165) is 11.1 Å². The topological polar surface area (TPSA) is 72.5 Å². The molecule has 0 aromatic heterocycles. The molecule has 1 rings (SSSR count). The summed E-state index contributed by atoms with van der Waals surface area (Å²) in [5.74, 6) is -0.583. The second-order valence-electron chi connectivity index (χ2n) is 4.08. The summed E-state index contributed by atoms with van der Waals surface area (Å²) in [4.78, 5) is 11.4. The molecule has 0 aliphatic carbocycles. The Kier molecular flexibility index (Phi) is 4.66. The SMILES string of the molecule is CCOC(=O)C(N)C(O)c1ccc(C)cc1C. The van der Waals surface area contributed by atoms with Crippen LogP contribution in [0.3, 0.4) is 0 Å². The van der Waals surface area contributed by atoms with Crippen molar-refractivity contribution in [2.45, 2.75) is 32.9 Å². The maximum absolute atomic E-state index is 11.4. The van der Waals surface area contributed by atoms with Gasteiger partial charge in [-0.25, -0.2) is 0 Å². The number of hydrogen-bond acceptors (Lipinski definition) is 4. The van der Waals surface area contributed by atoms with Gasteiger partial charge in [0, 0.05) is 0 Å². The second-order valence-corrected chi connectivity index (χ2v) is 4.08. The Morgan fingerprint density at radius 3 is 2.65 bits per heavy atom. The van der Waals surface area contributed by atoms with E-state index in [9.17, 15) is 9.90 Å². The number of ether oxygens (including phenoxy) is 1. The molecule has 2 atom stereocenters. The number of carbonyl (C=O) groups is 1. The van der Waals surface area contributed by atoms with E-state index in [1.807, 2.05) is 26.0 Å². The van der Waals surface area contributed by atoms with Gasteiger partial charge in [0.15, 0.2) is 0 Å². The molecule has 0 fully saturated rings. The van der Waals surface area contributed by atoms with Crippen LogP contribution in [0.15, 0.2) is 18.2 Å². The van der Waals surface area contributed by atoms with E-state index in [2.05, 4.69) is 0 Å². The van der Waals surface area contributed by atoms with E-state index >= 15 is 0 Å². The Balaban J connectivity index is 2.88. The van der Waals surface area contributed by atoms with Crippen molar-refractivity contribution >= 4 is 5.97 Å². The Morgan fingerprint density at radius 2 is 2.12 bits per heavy atom. The zero-order valence-electron chi connectivity index (χ0n) is 10.4. The summed E-state index contributed by atoms with van der Waals surface area (Å²) in [5, 5.41) is 10.0. The number of benzene rings is 1. The first-order chi connectivity index (χ1) is 7.97. The first-order valence-corrected chi connectivity index (χ1v) is 5.64. The summed E-state index contributed by atoms with van der Waals surface area (Å²) in [6.45, 7) is 5.80. The van der Waals surface area contributed by atoms with Crippen LogP contribution in [0.25, 0.3) is 0 Å². The van der Waals surface area contributed by atoms with Gasteiger partial charge in [-0.2, -0.15) is 0 Å². The lowest BCUT2D eigenvalue weighted by atomic mass is 9.97. The smallest absolute Gasteiger partial charge is 0.325 e. The quantitative estimate of drug-likeness (QED) is 0.772. The summed E-state index contributed by atoms with van der Waals surface area (Å²) in [6.07, 6.45) is -1.03. The average Bonchev–Trinajstić information content (AvgIpc) is 2.27. The number of nitrogens with two attached hydrogens (primary N) is 1. The van der Waals surface area contributed by atoms with Crippen LogP contribution in [-0.4, -0.2) is 23.7 Å². The number of rotatable bonds is 4. The van der Waals surface area contributed by atoms with Gasteiger partial charge in [0.1, 0.15) is 12.1 Å². The molecule has 4 heteroatoms. The fourth-order valence-corrected chi connectivity index (χ4v) is 1.72. The van der Waals surface area contributed by atoms with Crippen molar-refractivity contribution in [3.8, 4) is 0 Å². The molecule has 17 heavy (non-hydrogen) atoms. The number of aryl methyl sites for hydroxylation is 2. The lowest BCUT2D eigenvalue weighted by molar-refractivity contribution is -0.147. The Labute approximate surface area is 101 Å². The first-order valence-electron chi connectivity index (χ1n) is 5.64. The van der Waals surface area contributed by atoms with E-state index in [0.29, 0.717) is 5.56 Å². The zero-order chi connectivity index (χ0) is 13.0. The number of carbonyl (C=O) groups excluding carboxylic acids is 1. The summed E-state index contributed by atoms with van der Waals surface area (Å²) in [5.41, 5.74) is 8.34. The highest BCUT2D eigenvalue weighted by atomic mass is 16.5. The minimum absolute atomic E-state index is 0.256. The maximum Gasteiger partial charge on any atom is 0.325 e. The Hall–Kier alpha value is -1.39. The van der Waals surface area contributed by atoms with Crippen molar-refractivity contribution in [1.82, 2.24) is 0 Å². The van der Waals surface area contributed by atoms with Gasteiger partial charge in [-0.05, 0) is 31.9 Å². The number of aliphatic hydroxyl groups excluding tert-OH is 1. The zero-order valence-corrected chi connectivity index (χ0v) is 10.4. The molecule has 0 aliphatic rings. The van der Waals surface area contributed by atoms with Gasteiger partial charge in [-0.3, -0.25) is 4.79 Å². The van der Waals surface area contributed by atoms with Crippen LogP contribution in [0.2, 0.25) is 0 Å². The molecular formula is C13H19NO3. The highest BCUT2D eigenvalue weighted by Gasteiger charge is 2.26. The van der Waals surface area contributed by atoms with Crippen molar-refractivity contribution in [1.29, 1.82) is 0 Å². The van der Waals surface area contributed by atoms with Crippen LogP contribution >= 0.6 is 0 Å². The molecule has 3 N–H and O–H groups in total. The van der Waals surface area contributed by atoms with Crippen molar-refractivity contribution in [3.05, 3.63) is 34.9 Å².